The number of alkyl halides is 1. The van der Waals surface area contributed by atoms with Crippen LogP contribution >= 0.6 is 15.9 Å². The van der Waals surface area contributed by atoms with Crippen molar-refractivity contribution in [3.63, 3.8) is 0 Å². The van der Waals surface area contributed by atoms with Crippen molar-refractivity contribution in [3.8, 4) is 5.75 Å². The van der Waals surface area contributed by atoms with Crippen molar-refractivity contribution in [2.24, 2.45) is 0 Å². The van der Waals surface area contributed by atoms with Crippen LogP contribution in [0.2, 0.25) is 0 Å². The second-order valence-corrected chi connectivity index (χ2v) is 2.53. The summed E-state index contributed by atoms with van der Waals surface area (Å²) < 4.78 is 4.83. The van der Waals surface area contributed by atoms with E-state index in [0.717, 1.165) is 10.9 Å². The lowest BCUT2D eigenvalue weighted by atomic mass is 10.2. The third kappa shape index (κ3) is 2.24. The number of hydrogen-bond acceptors (Lipinski definition) is 2. The van der Waals surface area contributed by atoms with Gasteiger partial charge < -0.3 is 9.68 Å². The van der Waals surface area contributed by atoms with Gasteiger partial charge in [-0.25, -0.2) is 0 Å². The fraction of sp³-hybridized carbons (Fsp3) is 0.143. The highest BCUT2D eigenvalue weighted by Crippen LogP contribution is 2.19. The summed E-state index contributed by atoms with van der Waals surface area (Å²) in [5.41, 5.74) is 1.01. The van der Waals surface area contributed by atoms with E-state index in [-0.39, 0.29) is 0 Å². The molecule has 0 aromatic heterocycles. The average molecular weight is 214 g/mol. The van der Waals surface area contributed by atoms with Crippen molar-refractivity contribution >= 4 is 23.6 Å². The van der Waals surface area contributed by atoms with Gasteiger partial charge in [0.1, 0.15) is 5.75 Å². The lowest BCUT2D eigenvalue weighted by molar-refractivity contribution is 0.451. The molecule has 0 fully saturated rings. The van der Waals surface area contributed by atoms with E-state index in [1.54, 1.807) is 6.07 Å². The van der Waals surface area contributed by atoms with Crippen molar-refractivity contribution < 1.29 is 9.68 Å². The first kappa shape index (κ1) is 8.62. The second-order valence-electron chi connectivity index (χ2n) is 1.96. The van der Waals surface area contributed by atoms with Crippen LogP contribution in [0.5, 0.6) is 5.75 Å². The molecule has 0 bridgehead atoms. The highest BCUT2D eigenvalue weighted by atomic mass is 79.9. The van der Waals surface area contributed by atoms with E-state index in [1.165, 1.54) is 0 Å². The summed E-state index contributed by atoms with van der Waals surface area (Å²) in [6, 6.07) is 7.49. The molecular weight excluding hydrogens is 207 g/mol. The molecule has 11 heavy (non-hydrogen) atoms. The Morgan fingerprint density at radius 2 is 2.18 bits per heavy atom. The van der Waals surface area contributed by atoms with E-state index < -0.39 is 0 Å². The molecule has 0 saturated carbocycles. The summed E-state index contributed by atoms with van der Waals surface area (Å²) in [7, 11) is 0.682. The Morgan fingerprint density at radius 3 is 2.82 bits per heavy atom. The molecule has 0 spiro atoms. The van der Waals surface area contributed by atoms with Gasteiger partial charge in [0, 0.05) is 10.9 Å². The summed E-state index contributed by atoms with van der Waals surface area (Å²) in [4.78, 5) is 0. The Kier molecular flexibility index (Phi) is 3.46. The van der Waals surface area contributed by atoms with Crippen LogP contribution in [0.4, 0.5) is 0 Å². The van der Waals surface area contributed by atoms with Crippen molar-refractivity contribution in [2.75, 3.05) is 0 Å². The number of halogens is 1. The van der Waals surface area contributed by atoms with Crippen LogP contribution in [0.15, 0.2) is 24.3 Å². The summed E-state index contributed by atoms with van der Waals surface area (Å²) >= 11 is 3.30. The maximum absolute atomic E-state index is 8.38. The summed E-state index contributed by atoms with van der Waals surface area (Å²) in [5.74, 6) is 0.673. The predicted octanol–water partition coefficient (Wildman–Crippen LogP) is 1.49. The first-order chi connectivity index (χ1) is 5.38. The Balaban J connectivity index is 2.83. The van der Waals surface area contributed by atoms with Crippen LogP contribution in [-0.2, 0) is 5.33 Å². The molecule has 1 aromatic rings. The van der Waals surface area contributed by atoms with Crippen LogP contribution < -0.4 is 4.65 Å². The molecule has 1 radical (unpaired) electrons. The molecule has 0 aliphatic carbocycles. The standard InChI is InChI=1S/C7H7BBrO2/c9-5-6-3-1-2-4-7(6)11-8-10/h1-4,10H,5H2. The van der Waals surface area contributed by atoms with Gasteiger partial charge in [0.2, 0.25) is 0 Å². The number of rotatable bonds is 3. The minimum Gasteiger partial charge on any atom is -0.537 e. The minimum absolute atomic E-state index is 0.673. The molecule has 57 valence electrons. The maximum atomic E-state index is 8.38. The van der Waals surface area contributed by atoms with Crippen LogP contribution in [0.25, 0.3) is 0 Å². The van der Waals surface area contributed by atoms with Crippen LogP contribution in [0.1, 0.15) is 5.56 Å². The minimum atomic E-state index is 0.673. The SMILES string of the molecule is O[B]Oc1ccccc1CBr. The van der Waals surface area contributed by atoms with Crippen LogP contribution in [-0.4, -0.2) is 12.7 Å². The van der Waals surface area contributed by atoms with E-state index in [9.17, 15) is 0 Å². The van der Waals surface area contributed by atoms with Gasteiger partial charge in [0.05, 0.1) is 0 Å². The second kappa shape index (κ2) is 4.41. The predicted molar refractivity (Wildman–Crippen MR) is 47.7 cm³/mol. The molecule has 0 unspecified atom stereocenters. The van der Waals surface area contributed by atoms with Gasteiger partial charge in [-0.15, -0.1) is 0 Å². The van der Waals surface area contributed by atoms with Gasteiger partial charge in [-0.05, 0) is 6.07 Å². The molecule has 1 aromatic carbocycles. The van der Waals surface area contributed by atoms with Crippen molar-refractivity contribution in [1.82, 2.24) is 0 Å². The first-order valence-corrected chi connectivity index (χ1v) is 4.27. The molecule has 0 atom stereocenters. The molecule has 1 N–H and O–H groups in total. The van der Waals surface area contributed by atoms with Crippen LogP contribution in [0.3, 0.4) is 0 Å². The third-order valence-corrected chi connectivity index (χ3v) is 1.90. The number of hydrogen-bond donors (Lipinski definition) is 1. The largest absolute Gasteiger partial charge is 0.569 e. The molecule has 4 heteroatoms. The van der Waals surface area contributed by atoms with Gasteiger partial charge in [-0.3, -0.25) is 0 Å². The average Bonchev–Trinajstić information content (AvgIpc) is 2.06. The topological polar surface area (TPSA) is 29.5 Å². The van der Waals surface area contributed by atoms with Gasteiger partial charge in [0.25, 0.3) is 0 Å². The maximum Gasteiger partial charge on any atom is 0.569 e. The van der Waals surface area contributed by atoms with Crippen LogP contribution in [0, 0.1) is 0 Å². The normalized spacial score (nSPS) is 9.27. The Bertz CT molecular complexity index is 229. The van der Waals surface area contributed by atoms with Crippen molar-refractivity contribution in [1.29, 1.82) is 0 Å². The van der Waals surface area contributed by atoms with E-state index in [2.05, 4.69) is 15.9 Å². The van der Waals surface area contributed by atoms with Gasteiger partial charge in [0.15, 0.2) is 0 Å². The fourth-order valence-electron chi connectivity index (χ4n) is 0.786. The molecule has 0 saturated heterocycles. The molecule has 1 rings (SSSR count). The van der Waals surface area contributed by atoms with E-state index >= 15 is 0 Å². The van der Waals surface area contributed by atoms with Gasteiger partial charge in [-0.2, -0.15) is 0 Å². The third-order valence-electron chi connectivity index (χ3n) is 1.30. The lowest BCUT2D eigenvalue weighted by Gasteiger charge is -2.05. The zero-order valence-corrected chi connectivity index (χ0v) is 7.41. The number of para-hydroxylation sites is 1. The molecule has 0 aliphatic heterocycles. The highest BCUT2D eigenvalue weighted by Gasteiger charge is 1.99. The smallest absolute Gasteiger partial charge is 0.537 e. The summed E-state index contributed by atoms with van der Waals surface area (Å²) in [6.45, 7) is 0. The Morgan fingerprint density at radius 1 is 1.45 bits per heavy atom. The molecule has 0 amide bonds. The van der Waals surface area contributed by atoms with Gasteiger partial charge in [-0.1, -0.05) is 34.1 Å². The van der Waals surface area contributed by atoms with E-state index in [4.69, 9.17) is 9.68 Å². The molecule has 0 aliphatic rings. The monoisotopic (exact) mass is 213 g/mol. The lowest BCUT2D eigenvalue weighted by Crippen LogP contribution is -2.01. The zero-order valence-electron chi connectivity index (χ0n) is 5.83. The quantitative estimate of drug-likeness (QED) is 0.609. The van der Waals surface area contributed by atoms with Gasteiger partial charge >= 0.3 is 7.69 Å². The molecule has 0 heterocycles. The molecule has 2 nitrogen and oxygen atoms in total. The summed E-state index contributed by atoms with van der Waals surface area (Å²) in [5, 5.41) is 9.10. The van der Waals surface area contributed by atoms with E-state index in [1.807, 2.05) is 18.2 Å². The molecular formula is C7H7BBrO2. The fourth-order valence-corrected chi connectivity index (χ4v) is 1.25. The van der Waals surface area contributed by atoms with Crippen molar-refractivity contribution in [3.05, 3.63) is 29.8 Å². The Labute approximate surface area is 74.6 Å². The van der Waals surface area contributed by atoms with E-state index in [0.29, 0.717) is 13.4 Å². The Hall–Kier alpha value is -0.475. The highest BCUT2D eigenvalue weighted by molar-refractivity contribution is 9.08. The summed E-state index contributed by atoms with van der Waals surface area (Å²) in [6.07, 6.45) is 0. The number of benzene rings is 1. The van der Waals surface area contributed by atoms with Crippen molar-refractivity contribution in [2.45, 2.75) is 5.33 Å². The first-order valence-electron chi connectivity index (χ1n) is 3.15. The zero-order chi connectivity index (χ0) is 8.10.